The maximum absolute atomic E-state index is 10.1. The Bertz CT molecular complexity index is 160. The zero-order valence-corrected chi connectivity index (χ0v) is 4.35. The third-order valence-corrected chi connectivity index (χ3v) is 1.29. The summed E-state index contributed by atoms with van der Waals surface area (Å²) < 4.78 is 0. The highest BCUT2D eigenvalue weighted by Gasteiger charge is 2.19. The molecule has 0 unspecified atom stereocenters. The Morgan fingerprint density at radius 3 is 2.25 bits per heavy atom. The summed E-state index contributed by atoms with van der Waals surface area (Å²) in [4.78, 5) is 10.1. The number of carboxylic acids is 1. The largest absolute Gasteiger partial charge is 0.478 e. The number of rotatable bonds is 1. The van der Waals surface area contributed by atoms with Gasteiger partial charge in [0.1, 0.15) is 0 Å². The Hall–Kier alpha value is -0.990. The monoisotopic (exact) mass is 113 g/mol. The topological polar surface area (TPSA) is 63.3 Å². The number of carbonyl (C=O) groups is 1. The highest BCUT2D eigenvalue weighted by atomic mass is 16.4. The lowest BCUT2D eigenvalue weighted by molar-refractivity contribution is -0.133. The molecule has 3 nitrogen and oxygen atoms in total. The Morgan fingerprint density at radius 2 is 2.25 bits per heavy atom. The number of hydrogen-bond acceptors (Lipinski definition) is 2. The van der Waals surface area contributed by atoms with E-state index in [-0.39, 0.29) is 0 Å². The zero-order chi connectivity index (χ0) is 6.15. The quantitative estimate of drug-likeness (QED) is 0.506. The fraction of sp³-hybridized carbons (Fsp3) is 0.400. The van der Waals surface area contributed by atoms with Gasteiger partial charge in [0.05, 0.1) is 5.57 Å². The summed E-state index contributed by atoms with van der Waals surface area (Å²) in [6.07, 6.45) is 1.39. The van der Waals surface area contributed by atoms with E-state index >= 15 is 0 Å². The molecule has 44 valence electrons. The van der Waals surface area contributed by atoms with Gasteiger partial charge in [-0.1, -0.05) is 0 Å². The van der Waals surface area contributed by atoms with Gasteiger partial charge in [0.15, 0.2) is 0 Å². The molecule has 1 aliphatic rings. The molecule has 0 bridgehead atoms. The Labute approximate surface area is 46.8 Å². The van der Waals surface area contributed by atoms with Gasteiger partial charge in [-0.05, 0) is 12.8 Å². The lowest BCUT2D eigenvalue weighted by Crippen LogP contribution is -2.18. The van der Waals surface area contributed by atoms with Crippen LogP contribution in [-0.2, 0) is 4.79 Å². The molecule has 0 radical (unpaired) electrons. The van der Waals surface area contributed by atoms with Crippen LogP contribution in [0.4, 0.5) is 0 Å². The minimum Gasteiger partial charge on any atom is -0.478 e. The average molecular weight is 113 g/mol. The number of hydrogen-bond donors (Lipinski definition) is 2. The van der Waals surface area contributed by atoms with E-state index in [0.717, 1.165) is 6.42 Å². The van der Waals surface area contributed by atoms with Crippen LogP contribution in [0.1, 0.15) is 12.8 Å². The van der Waals surface area contributed by atoms with Gasteiger partial charge in [-0.25, -0.2) is 4.79 Å². The maximum Gasteiger partial charge on any atom is 0.333 e. The summed E-state index contributed by atoms with van der Waals surface area (Å²) in [7, 11) is 0. The van der Waals surface area contributed by atoms with Gasteiger partial charge in [0.2, 0.25) is 0 Å². The van der Waals surface area contributed by atoms with Crippen molar-refractivity contribution < 1.29 is 9.90 Å². The summed E-state index contributed by atoms with van der Waals surface area (Å²) in [5.74, 6) is -0.867. The molecule has 8 heavy (non-hydrogen) atoms. The molecule has 1 rings (SSSR count). The molecule has 0 fully saturated rings. The molecular formula is C5H7NO2. The second-order valence-corrected chi connectivity index (χ2v) is 1.81. The Balaban J connectivity index is 2.74. The van der Waals surface area contributed by atoms with Crippen LogP contribution < -0.4 is 5.73 Å². The van der Waals surface area contributed by atoms with Crippen molar-refractivity contribution in [1.29, 1.82) is 0 Å². The van der Waals surface area contributed by atoms with Crippen LogP contribution in [0.2, 0.25) is 0 Å². The lowest BCUT2D eigenvalue weighted by Gasteiger charge is -2.14. The van der Waals surface area contributed by atoms with Crippen LogP contribution in [0, 0.1) is 0 Å². The van der Waals surface area contributed by atoms with Crippen LogP contribution in [0.15, 0.2) is 11.3 Å². The molecule has 0 saturated heterocycles. The molecule has 0 amide bonds. The first-order chi connectivity index (χ1) is 3.72. The minimum absolute atomic E-state index is 0.394. The standard InChI is InChI=1S/C5H7NO2/c6-4-2-1-3(4)5(7)8/h1-2,6H2,(H,7,8). The molecule has 0 saturated carbocycles. The van der Waals surface area contributed by atoms with Crippen molar-refractivity contribution in [2.45, 2.75) is 12.8 Å². The molecule has 3 N–H and O–H groups in total. The van der Waals surface area contributed by atoms with Gasteiger partial charge in [-0.2, -0.15) is 0 Å². The second kappa shape index (κ2) is 1.51. The molecule has 0 aromatic heterocycles. The number of allylic oxidation sites excluding steroid dienone is 1. The molecule has 0 aromatic carbocycles. The van der Waals surface area contributed by atoms with Crippen molar-refractivity contribution in [2.24, 2.45) is 5.73 Å². The van der Waals surface area contributed by atoms with Crippen LogP contribution in [-0.4, -0.2) is 11.1 Å². The maximum atomic E-state index is 10.1. The summed E-state index contributed by atoms with van der Waals surface area (Å²) in [5.41, 5.74) is 6.16. The van der Waals surface area contributed by atoms with Crippen LogP contribution >= 0.6 is 0 Å². The Morgan fingerprint density at radius 1 is 1.62 bits per heavy atom. The molecule has 0 heterocycles. The van der Waals surface area contributed by atoms with Crippen LogP contribution in [0.5, 0.6) is 0 Å². The van der Waals surface area contributed by atoms with E-state index in [2.05, 4.69) is 0 Å². The van der Waals surface area contributed by atoms with E-state index < -0.39 is 5.97 Å². The fourth-order valence-corrected chi connectivity index (χ4v) is 0.639. The summed E-state index contributed by atoms with van der Waals surface area (Å²) >= 11 is 0. The van der Waals surface area contributed by atoms with Crippen molar-refractivity contribution in [3.8, 4) is 0 Å². The first-order valence-electron chi connectivity index (χ1n) is 2.42. The van der Waals surface area contributed by atoms with Crippen molar-refractivity contribution >= 4 is 5.97 Å². The zero-order valence-electron chi connectivity index (χ0n) is 4.35. The normalized spacial score (nSPS) is 18.0. The fourth-order valence-electron chi connectivity index (χ4n) is 0.639. The average Bonchev–Trinajstić information content (AvgIpc) is 1.61. The van der Waals surface area contributed by atoms with Gasteiger partial charge < -0.3 is 10.8 Å². The van der Waals surface area contributed by atoms with Gasteiger partial charge >= 0.3 is 5.97 Å². The van der Waals surface area contributed by atoms with Crippen molar-refractivity contribution in [3.05, 3.63) is 11.3 Å². The first kappa shape index (κ1) is 5.15. The molecule has 3 heteroatoms. The summed E-state index contributed by atoms with van der Waals surface area (Å²) in [6.45, 7) is 0. The minimum atomic E-state index is -0.867. The van der Waals surface area contributed by atoms with Crippen molar-refractivity contribution in [1.82, 2.24) is 0 Å². The molecule has 0 aliphatic heterocycles. The molecular weight excluding hydrogens is 106 g/mol. The number of nitrogens with two attached hydrogens (primary N) is 1. The number of aliphatic carboxylic acids is 1. The van der Waals surface area contributed by atoms with Gasteiger partial charge in [-0.3, -0.25) is 0 Å². The lowest BCUT2D eigenvalue weighted by atomic mass is 9.95. The van der Waals surface area contributed by atoms with E-state index in [0.29, 0.717) is 17.7 Å². The molecule has 0 aromatic rings. The van der Waals surface area contributed by atoms with Gasteiger partial charge in [-0.15, -0.1) is 0 Å². The van der Waals surface area contributed by atoms with Crippen LogP contribution in [0.3, 0.4) is 0 Å². The first-order valence-corrected chi connectivity index (χ1v) is 2.42. The van der Waals surface area contributed by atoms with Gasteiger partial charge in [0, 0.05) is 5.70 Å². The predicted octanol–water partition coefficient (Wildman–Crippen LogP) is 0.0776. The Kier molecular flexibility index (Phi) is 0.970. The van der Waals surface area contributed by atoms with E-state index in [1.807, 2.05) is 0 Å². The van der Waals surface area contributed by atoms with E-state index in [4.69, 9.17) is 10.8 Å². The summed E-state index contributed by atoms with van der Waals surface area (Å²) in [6, 6.07) is 0. The second-order valence-electron chi connectivity index (χ2n) is 1.81. The van der Waals surface area contributed by atoms with E-state index in [1.165, 1.54) is 0 Å². The summed E-state index contributed by atoms with van der Waals surface area (Å²) in [5, 5.41) is 8.27. The van der Waals surface area contributed by atoms with E-state index in [9.17, 15) is 4.79 Å². The van der Waals surface area contributed by atoms with Crippen LogP contribution in [0.25, 0.3) is 0 Å². The van der Waals surface area contributed by atoms with E-state index in [1.54, 1.807) is 0 Å². The van der Waals surface area contributed by atoms with Crippen molar-refractivity contribution in [3.63, 3.8) is 0 Å². The SMILES string of the molecule is NC1=C(C(=O)O)CC1. The number of carboxylic acid groups (broad SMARTS) is 1. The van der Waals surface area contributed by atoms with Crippen molar-refractivity contribution in [2.75, 3.05) is 0 Å². The highest BCUT2D eigenvalue weighted by molar-refractivity contribution is 5.89. The highest BCUT2D eigenvalue weighted by Crippen LogP contribution is 2.22. The van der Waals surface area contributed by atoms with Gasteiger partial charge in [0.25, 0.3) is 0 Å². The third-order valence-electron chi connectivity index (χ3n) is 1.29. The molecule has 0 spiro atoms. The third kappa shape index (κ3) is 0.559. The molecule has 0 atom stereocenters. The predicted molar refractivity (Wildman–Crippen MR) is 28.1 cm³/mol. The molecule has 1 aliphatic carbocycles. The smallest absolute Gasteiger partial charge is 0.333 e.